The molecule has 0 bridgehead atoms. The minimum Gasteiger partial charge on any atom is -0.494 e. The van der Waals surface area contributed by atoms with Crippen molar-refractivity contribution < 1.29 is 17.7 Å². The highest BCUT2D eigenvalue weighted by atomic mass is 32.2. The van der Waals surface area contributed by atoms with Gasteiger partial charge in [-0.25, -0.2) is 9.97 Å². The molecular formula is C5H6N2O4S. The largest absolute Gasteiger partial charge is 0.494 e. The Morgan fingerprint density at radius 2 is 1.92 bits per heavy atom. The topological polar surface area (TPSA) is 89.4 Å². The lowest BCUT2D eigenvalue weighted by atomic mass is 10.6. The van der Waals surface area contributed by atoms with Crippen LogP contribution in [0.4, 0.5) is 0 Å². The third-order valence-corrected chi connectivity index (χ3v) is 1.74. The molecule has 0 aliphatic heterocycles. The summed E-state index contributed by atoms with van der Waals surface area (Å²) >= 11 is 0. The molecule has 1 N–H and O–H groups in total. The van der Waals surface area contributed by atoms with Gasteiger partial charge in [0.25, 0.3) is 5.16 Å². The van der Waals surface area contributed by atoms with E-state index in [1.807, 2.05) is 0 Å². The number of nitrogens with zero attached hydrogens (tertiary/aromatic N) is 2. The lowest BCUT2D eigenvalue weighted by Crippen LogP contribution is -2.04. The van der Waals surface area contributed by atoms with E-state index >= 15 is 0 Å². The van der Waals surface area contributed by atoms with Gasteiger partial charge in [0.05, 0.1) is 19.5 Å². The van der Waals surface area contributed by atoms with Crippen molar-refractivity contribution in [1.29, 1.82) is 0 Å². The Labute approximate surface area is 69.0 Å². The summed E-state index contributed by atoms with van der Waals surface area (Å²) in [4.78, 5) is 6.69. The van der Waals surface area contributed by atoms with E-state index in [4.69, 9.17) is 4.55 Å². The van der Waals surface area contributed by atoms with Crippen LogP contribution >= 0.6 is 0 Å². The van der Waals surface area contributed by atoms with Crippen molar-refractivity contribution in [3.05, 3.63) is 12.4 Å². The van der Waals surface area contributed by atoms with Crippen LogP contribution in [0.1, 0.15) is 0 Å². The fourth-order valence-electron chi connectivity index (χ4n) is 0.543. The first kappa shape index (κ1) is 8.88. The summed E-state index contributed by atoms with van der Waals surface area (Å²) in [7, 11) is -2.91. The van der Waals surface area contributed by atoms with Crippen LogP contribution in [0, 0.1) is 0 Å². The van der Waals surface area contributed by atoms with E-state index < -0.39 is 15.3 Å². The summed E-state index contributed by atoms with van der Waals surface area (Å²) in [5.74, 6) is 0.322. The fourth-order valence-corrected chi connectivity index (χ4v) is 0.915. The first-order valence-electron chi connectivity index (χ1n) is 2.87. The van der Waals surface area contributed by atoms with E-state index in [9.17, 15) is 8.42 Å². The average molecular weight is 190 g/mol. The van der Waals surface area contributed by atoms with Crippen LogP contribution in [0.5, 0.6) is 5.75 Å². The third kappa shape index (κ3) is 1.89. The first-order valence-corrected chi connectivity index (χ1v) is 4.31. The highest BCUT2D eigenvalue weighted by Gasteiger charge is 2.12. The molecule has 0 amide bonds. The lowest BCUT2D eigenvalue weighted by Gasteiger charge is -1.97. The maximum absolute atomic E-state index is 10.4. The van der Waals surface area contributed by atoms with Crippen LogP contribution in [0.25, 0.3) is 0 Å². The molecule has 0 saturated heterocycles. The normalized spacial score (nSPS) is 11.2. The Bertz CT molecular complexity index is 358. The van der Waals surface area contributed by atoms with Crippen molar-refractivity contribution in [2.75, 3.05) is 7.11 Å². The second-order valence-corrected chi connectivity index (χ2v) is 3.20. The second-order valence-electron chi connectivity index (χ2n) is 1.88. The van der Waals surface area contributed by atoms with Crippen LogP contribution in [0.3, 0.4) is 0 Å². The van der Waals surface area contributed by atoms with Gasteiger partial charge in [-0.2, -0.15) is 8.42 Å². The smallest absolute Gasteiger partial charge is 0.330 e. The van der Waals surface area contributed by atoms with Crippen molar-refractivity contribution in [2.24, 2.45) is 0 Å². The van der Waals surface area contributed by atoms with Crippen molar-refractivity contribution in [1.82, 2.24) is 9.97 Å². The third-order valence-electron chi connectivity index (χ3n) is 1.07. The van der Waals surface area contributed by atoms with Crippen LogP contribution < -0.4 is 4.74 Å². The Kier molecular flexibility index (Phi) is 2.25. The average Bonchev–Trinajstić information content (AvgIpc) is 2.03. The number of hydrogen-bond donors (Lipinski definition) is 1. The minimum absolute atomic E-state index is 0.322. The van der Waals surface area contributed by atoms with Crippen molar-refractivity contribution in [2.45, 2.75) is 5.16 Å². The number of methoxy groups -OCH3 is 1. The molecule has 1 heterocycles. The number of ether oxygens (including phenoxy) is 1. The zero-order chi connectivity index (χ0) is 9.19. The Hall–Kier alpha value is -1.21. The summed E-state index contributed by atoms with van der Waals surface area (Å²) in [6.07, 6.45) is 2.30. The molecule has 7 heteroatoms. The van der Waals surface area contributed by atoms with E-state index in [1.165, 1.54) is 7.11 Å². The zero-order valence-corrected chi connectivity index (χ0v) is 6.95. The van der Waals surface area contributed by atoms with Gasteiger partial charge in [-0.3, -0.25) is 4.55 Å². The molecule has 12 heavy (non-hydrogen) atoms. The molecule has 0 aliphatic carbocycles. The summed E-state index contributed by atoms with van der Waals surface area (Å²) in [5, 5.41) is -0.636. The highest BCUT2D eigenvalue weighted by molar-refractivity contribution is 7.85. The molecule has 0 aromatic carbocycles. The van der Waals surface area contributed by atoms with Gasteiger partial charge in [0.15, 0.2) is 5.75 Å². The van der Waals surface area contributed by atoms with E-state index in [0.717, 1.165) is 12.4 Å². The van der Waals surface area contributed by atoms with Crippen molar-refractivity contribution >= 4 is 10.1 Å². The molecule has 0 atom stereocenters. The van der Waals surface area contributed by atoms with Crippen molar-refractivity contribution in [3.8, 4) is 5.75 Å². The number of hydrogen-bond acceptors (Lipinski definition) is 5. The van der Waals surface area contributed by atoms with Crippen LogP contribution in [0.15, 0.2) is 17.6 Å². The molecular weight excluding hydrogens is 184 g/mol. The van der Waals surface area contributed by atoms with Crippen LogP contribution in [-0.4, -0.2) is 30.0 Å². The summed E-state index contributed by atoms with van der Waals surface area (Å²) in [5.41, 5.74) is 0. The molecule has 6 nitrogen and oxygen atoms in total. The summed E-state index contributed by atoms with van der Waals surface area (Å²) in [6.45, 7) is 0. The molecule has 1 rings (SSSR count). The monoisotopic (exact) mass is 190 g/mol. The van der Waals surface area contributed by atoms with Gasteiger partial charge in [-0.15, -0.1) is 0 Å². The predicted molar refractivity (Wildman–Crippen MR) is 38.4 cm³/mol. The molecule has 0 unspecified atom stereocenters. The molecule has 1 aromatic heterocycles. The molecule has 66 valence electrons. The standard InChI is InChI=1S/C5H6N2O4S/c1-11-4-2-6-5(7-3-4)12(8,9)10/h2-3H,1H3,(H,8,9,10). The maximum Gasteiger partial charge on any atom is 0.330 e. The van der Waals surface area contributed by atoms with Gasteiger partial charge in [0, 0.05) is 0 Å². The zero-order valence-electron chi connectivity index (χ0n) is 6.13. The van der Waals surface area contributed by atoms with Gasteiger partial charge >= 0.3 is 10.1 Å². The van der Waals surface area contributed by atoms with Gasteiger partial charge in [-0.1, -0.05) is 0 Å². The van der Waals surface area contributed by atoms with Crippen molar-refractivity contribution in [3.63, 3.8) is 0 Å². The van der Waals surface area contributed by atoms with E-state index in [0.29, 0.717) is 5.75 Å². The molecule has 0 spiro atoms. The quantitative estimate of drug-likeness (QED) is 0.510. The first-order chi connectivity index (χ1) is 5.54. The Morgan fingerprint density at radius 1 is 1.42 bits per heavy atom. The van der Waals surface area contributed by atoms with E-state index in [-0.39, 0.29) is 0 Å². The molecule has 0 radical (unpaired) electrons. The fraction of sp³-hybridized carbons (Fsp3) is 0.200. The molecule has 0 saturated carbocycles. The Balaban J connectivity index is 3.09. The molecule has 0 aliphatic rings. The number of aromatic nitrogens is 2. The Morgan fingerprint density at radius 3 is 2.25 bits per heavy atom. The van der Waals surface area contributed by atoms with Gasteiger partial charge in [0.1, 0.15) is 0 Å². The summed E-state index contributed by atoms with van der Waals surface area (Å²) < 4.78 is 34.0. The lowest BCUT2D eigenvalue weighted by molar-refractivity contribution is 0.407. The number of rotatable bonds is 2. The van der Waals surface area contributed by atoms with E-state index in [1.54, 1.807) is 0 Å². The predicted octanol–water partition coefficient (Wildman–Crippen LogP) is -0.268. The minimum atomic E-state index is -4.31. The van der Waals surface area contributed by atoms with E-state index in [2.05, 4.69) is 14.7 Å². The van der Waals surface area contributed by atoms with Crippen LogP contribution in [-0.2, 0) is 10.1 Å². The van der Waals surface area contributed by atoms with Gasteiger partial charge in [0.2, 0.25) is 0 Å². The highest BCUT2D eigenvalue weighted by Crippen LogP contribution is 2.07. The SMILES string of the molecule is COc1cnc(S(=O)(=O)O)nc1. The van der Waals surface area contributed by atoms with Gasteiger partial charge in [-0.05, 0) is 0 Å². The molecule has 1 aromatic rings. The van der Waals surface area contributed by atoms with Crippen LogP contribution in [0.2, 0.25) is 0 Å². The van der Waals surface area contributed by atoms with Gasteiger partial charge < -0.3 is 4.74 Å². The second kappa shape index (κ2) is 3.03. The maximum atomic E-state index is 10.4. The molecule has 0 fully saturated rings. The summed E-state index contributed by atoms with van der Waals surface area (Å²) in [6, 6.07) is 0.